The number of aliphatic hydroxyl groups is 1. The summed E-state index contributed by atoms with van der Waals surface area (Å²) in [7, 11) is 0. The summed E-state index contributed by atoms with van der Waals surface area (Å²) in [5, 5.41) is 13.4. The summed E-state index contributed by atoms with van der Waals surface area (Å²) in [6.07, 6.45) is 1.84. The largest absolute Gasteiger partial charge is 0.396 e. The Bertz CT molecular complexity index is 361. The zero-order valence-corrected chi connectivity index (χ0v) is 11.2. The minimum Gasteiger partial charge on any atom is -0.396 e. The third-order valence-corrected chi connectivity index (χ3v) is 3.82. The first-order valence-corrected chi connectivity index (χ1v) is 6.76. The summed E-state index contributed by atoms with van der Waals surface area (Å²) in [6.45, 7) is 3.50. The standard InChI is InChI=1S/C14H20ClNO2/c15-13-3-1-12(2-4-13)9-16-10-14(5-7-17)6-8-18-11-14/h1-4,16-17H,5-11H2. The Hall–Kier alpha value is -0.610. The van der Waals surface area contributed by atoms with Crippen LogP contribution in [0.5, 0.6) is 0 Å². The molecular formula is C14H20ClNO2. The van der Waals surface area contributed by atoms with Gasteiger partial charge in [-0.05, 0) is 30.5 Å². The first kappa shape index (κ1) is 13.8. The zero-order chi connectivity index (χ0) is 12.8. The fourth-order valence-corrected chi connectivity index (χ4v) is 2.51. The Kier molecular flexibility index (Phi) is 5.01. The zero-order valence-electron chi connectivity index (χ0n) is 10.5. The lowest BCUT2D eigenvalue weighted by Gasteiger charge is -2.26. The number of hydrogen-bond acceptors (Lipinski definition) is 3. The van der Waals surface area contributed by atoms with Crippen LogP contribution >= 0.6 is 11.6 Å². The van der Waals surface area contributed by atoms with Gasteiger partial charge >= 0.3 is 0 Å². The molecule has 1 aromatic carbocycles. The van der Waals surface area contributed by atoms with E-state index < -0.39 is 0 Å². The minimum absolute atomic E-state index is 0.112. The van der Waals surface area contributed by atoms with E-state index >= 15 is 0 Å². The van der Waals surface area contributed by atoms with Crippen LogP contribution in [0, 0.1) is 5.41 Å². The second-order valence-corrected chi connectivity index (χ2v) is 5.44. The van der Waals surface area contributed by atoms with Gasteiger partial charge in [-0.3, -0.25) is 0 Å². The maximum Gasteiger partial charge on any atom is 0.0536 e. The minimum atomic E-state index is 0.112. The molecule has 0 amide bonds. The average molecular weight is 270 g/mol. The predicted octanol–water partition coefficient (Wildman–Crippen LogP) is 2.22. The van der Waals surface area contributed by atoms with E-state index in [4.69, 9.17) is 21.4 Å². The van der Waals surface area contributed by atoms with Gasteiger partial charge in [-0.15, -0.1) is 0 Å². The number of rotatable bonds is 6. The Morgan fingerprint density at radius 2 is 2.11 bits per heavy atom. The van der Waals surface area contributed by atoms with E-state index in [9.17, 15) is 0 Å². The Morgan fingerprint density at radius 3 is 2.72 bits per heavy atom. The van der Waals surface area contributed by atoms with Crippen molar-refractivity contribution < 1.29 is 9.84 Å². The molecule has 1 aromatic rings. The average Bonchev–Trinajstić information content (AvgIpc) is 2.81. The molecular weight excluding hydrogens is 250 g/mol. The van der Waals surface area contributed by atoms with Crippen molar-refractivity contribution >= 4 is 11.6 Å². The van der Waals surface area contributed by atoms with Gasteiger partial charge in [0.2, 0.25) is 0 Å². The topological polar surface area (TPSA) is 41.5 Å². The van der Waals surface area contributed by atoms with E-state index in [1.807, 2.05) is 24.3 Å². The summed E-state index contributed by atoms with van der Waals surface area (Å²) in [4.78, 5) is 0. The Morgan fingerprint density at radius 1 is 1.33 bits per heavy atom. The molecule has 1 atom stereocenters. The van der Waals surface area contributed by atoms with Crippen LogP contribution in [0.1, 0.15) is 18.4 Å². The van der Waals surface area contributed by atoms with Crippen molar-refractivity contribution in [3.63, 3.8) is 0 Å². The molecule has 1 saturated heterocycles. The van der Waals surface area contributed by atoms with Crippen LogP contribution < -0.4 is 5.32 Å². The van der Waals surface area contributed by atoms with Crippen molar-refractivity contribution in [1.82, 2.24) is 5.32 Å². The van der Waals surface area contributed by atoms with E-state index in [1.54, 1.807) is 0 Å². The number of nitrogens with one attached hydrogen (secondary N) is 1. The molecule has 2 rings (SSSR count). The molecule has 100 valence electrons. The van der Waals surface area contributed by atoms with E-state index in [2.05, 4.69) is 5.32 Å². The fourth-order valence-electron chi connectivity index (χ4n) is 2.39. The molecule has 0 bridgehead atoms. The van der Waals surface area contributed by atoms with Gasteiger partial charge in [0.15, 0.2) is 0 Å². The van der Waals surface area contributed by atoms with E-state index in [0.717, 1.165) is 44.2 Å². The van der Waals surface area contributed by atoms with E-state index in [-0.39, 0.29) is 12.0 Å². The third-order valence-electron chi connectivity index (χ3n) is 3.57. The lowest BCUT2D eigenvalue weighted by atomic mass is 9.84. The molecule has 3 nitrogen and oxygen atoms in total. The molecule has 4 heteroatoms. The van der Waals surface area contributed by atoms with Gasteiger partial charge in [0.1, 0.15) is 0 Å². The maximum atomic E-state index is 9.14. The van der Waals surface area contributed by atoms with Crippen molar-refractivity contribution in [2.45, 2.75) is 19.4 Å². The van der Waals surface area contributed by atoms with Gasteiger partial charge in [0.25, 0.3) is 0 Å². The summed E-state index contributed by atoms with van der Waals surface area (Å²) in [5.41, 5.74) is 1.33. The van der Waals surface area contributed by atoms with Crippen LogP contribution in [0.4, 0.5) is 0 Å². The normalized spacial score (nSPS) is 23.4. The van der Waals surface area contributed by atoms with Crippen molar-refractivity contribution in [2.75, 3.05) is 26.4 Å². The maximum absolute atomic E-state index is 9.14. The molecule has 1 heterocycles. The molecule has 18 heavy (non-hydrogen) atoms. The van der Waals surface area contributed by atoms with Crippen molar-refractivity contribution in [3.05, 3.63) is 34.9 Å². The molecule has 2 N–H and O–H groups in total. The first-order valence-electron chi connectivity index (χ1n) is 6.38. The second-order valence-electron chi connectivity index (χ2n) is 5.01. The fraction of sp³-hybridized carbons (Fsp3) is 0.571. The van der Waals surface area contributed by atoms with Gasteiger partial charge in [-0.1, -0.05) is 23.7 Å². The summed E-state index contributed by atoms with van der Waals surface area (Å²) in [6, 6.07) is 7.86. The Balaban J connectivity index is 1.81. The van der Waals surface area contributed by atoms with Gasteiger partial charge in [-0.2, -0.15) is 0 Å². The highest BCUT2D eigenvalue weighted by atomic mass is 35.5. The smallest absolute Gasteiger partial charge is 0.0536 e. The number of ether oxygens (including phenoxy) is 1. The monoisotopic (exact) mass is 269 g/mol. The lowest BCUT2D eigenvalue weighted by Crippen LogP contribution is -2.35. The SMILES string of the molecule is OCCC1(CNCc2ccc(Cl)cc2)CCOC1. The molecule has 0 radical (unpaired) electrons. The highest BCUT2D eigenvalue weighted by molar-refractivity contribution is 6.30. The van der Waals surface area contributed by atoms with E-state index in [1.165, 1.54) is 5.56 Å². The van der Waals surface area contributed by atoms with Crippen LogP contribution in [-0.4, -0.2) is 31.5 Å². The molecule has 1 aliphatic heterocycles. The molecule has 0 aliphatic carbocycles. The molecule has 0 aromatic heterocycles. The van der Waals surface area contributed by atoms with Crippen molar-refractivity contribution in [1.29, 1.82) is 0 Å². The van der Waals surface area contributed by atoms with Crippen LogP contribution in [0.25, 0.3) is 0 Å². The molecule has 0 saturated carbocycles. The van der Waals surface area contributed by atoms with Gasteiger partial charge in [0, 0.05) is 36.7 Å². The van der Waals surface area contributed by atoms with Crippen LogP contribution in [0.3, 0.4) is 0 Å². The summed E-state index contributed by atoms with van der Waals surface area (Å²) < 4.78 is 5.46. The van der Waals surface area contributed by atoms with Gasteiger partial charge in [0.05, 0.1) is 6.61 Å². The third kappa shape index (κ3) is 3.69. The van der Waals surface area contributed by atoms with Crippen molar-refractivity contribution in [3.8, 4) is 0 Å². The second kappa shape index (κ2) is 6.53. The highest BCUT2D eigenvalue weighted by Crippen LogP contribution is 2.31. The van der Waals surface area contributed by atoms with Gasteiger partial charge < -0.3 is 15.2 Å². The molecule has 1 aliphatic rings. The molecule has 0 spiro atoms. The highest BCUT2D eigenvalue weighted by Gasteiger charge is 2.33. The van der Waals surface area contributed by atoms with Gasteiger partial charge in [-0.25, -0.2) is 0 Å². The summed E-state index contributed by atoms with van der Waals surface area (Å²) in [5.74, 6) is 0. The number of hydrogen-bond donors (Lipinski definition) is 2. The number of halogens is 1. The molecule has 1 fully saturated rings. The van der Waals surface area contributed by atoms with Crippen LogP contribution in [0.2, 0.25) is 5.02 Å². The number of benzene rings is 1. The predicted molar refractivity (Wildman–Crippen MR) is 72.7 cm³/mol. The lowest BCUT2D eigenvalue weighted by molar-refractivity contribution is 0.124. The summed E-state index contributed by atoms with van der Waals surface area (Å²) >= 11 is 5.85. The van der Waals surface area contributed by atoms with Crippen LogP contribution in [0.15, 0.2) is 24.3 Å². The van der Waals surface area contributed by atoms with Crippen LogP contribution in [-0.2, 0) is 11.3 Å². The van der Waals surface area contributed by atoms with E-state index in [0.29, 0.717) is 0 Å². The molecule has 1 unspecified atom stereocenters. The Labute approximate surface area is 113 Å². The van der Waals surface area contributed by atoms with Crippen molar-refractivity contribution in [2.24, 2.45) is 5.41 Å². The quantitative estimate of drug-likeness (QED) is 0.832. The first-order chi connectivity index (χ1) is 8.74. The number of aliphatic hydroxyl groups excluding tert-OH is 1.